The lowest BCUT2D eigenvalue weighted by molar-refractivity contribution is -0.437. The second-order valence-corrected chi connectivity index (χ2v) is 1.89. The van der Waals surface area contributed by atoms with Gasteiger partial charge in [0.05, 0.1) is 6.04 Å². The van der Waals surface area contributed by atoms with Crippen molar-refractivity contribution in [3.63, 3.8) is 0 Å². The van der Waals surface area contributed by atoms with Gasteiger partial charge in [-0.3, -0.25) is 0 Å². The molecule has 48 valence electrons. The zero-order valence-electron chi connectivity index (χ0n) is 4.80. The van der Waals surface area contributed by atoms with E-state index in [4.69, 9.17) is 9.90 Å². The predicted molar refractivity (Wildman–Crippen MR) is 26.6 cm³/mol. The minimum Gasteiger partial charge on any atom is -0.554 e. The Bertz CT molecular complexity index is 61.4. The Labute approximate surface area is 48.5 Å². The van der Waals surface area contributed by atoms with Gasteiger partial charge in [0.25, 0.3) is 0 Å². The fourth-order valence-corrected chi connectivity index (χ4v) is 0.493. The second kappa shape index (κ2) is 4.59. The van der Waals surface area contributed by atoms with Gasteiger partial charge in [0.2, 0.25) is 0 Å². The molecule has 3 heteroatoms. The zero-order chi connectivity index (χ0) is 6.41. The molecule has 0 aliphatic heterocycles. The SMILES string of the molecule is O=C[O-].[NH3+]C1CCC1. The highest BCUT2D eigenvalue weighted by molar-refractivity contribution is 5.29. The molecule has 0 unspecified atom stereocenters. The van der Waals surface area contributed by atoms with Crippen LogP contribution in [0.2, 0.25) is 0 Å². The molecular formula is C5H11NO2. The molecule has 1 aliphatic carbocycles. The molecule has 0 aromatic rings. The predicted octanol–water partition coefficient (Wildman–Crippen LogP) is -1.85. The molecule has 3 nitrogen and oxygen atoms in total. The Kier molecular flexibility index (Phi) is 4.26. The van der Waals surface area contributed by atoms with Gasteiger partial charge in [-0.05, 0) is 19.3 Å². The highest BCUT2D eigenvalue weighted by Gasteiger charge is 2.13. The van der Waals surface area contributed by atoms with Gasteiger partial charge in [-0.2, -0.15) is 0 Å². The van der Waals surface area contributed by atoms with Crippen LogP contribution < -0.4 is 10.8 Å². The van der Waals surface area contributed by atoms with Crippen molar-refractivity contribution in [3.05, 3.63) is 0 Å². The molecule has 1 fully saturated rings. The highest BCUT2D eigenvalue weighted by atomic mass is 16.3. The summed E-state index contributed by atoms with van der Waals surface area (Å²) in [5.41, 5.74) is 3.84. The first-order valence-corrected chi connectivity index (χ1v) is 2.70. The van der Waals surface area contributed by atoms with E-state index in [0.717, 1.165) is 6.04 Å². The number of rotatable bonds is 0. The third kappa shape index (κ3) is 3.61. The maximum absolute atomic E-state index is 8.25. The van der Waals surface area contributed by atoms with Crippen molar-refractivity contribution in [2.75, 3.05) is 0 Å². The molecule has 0 saturated heterocycles. The molecule has 0 spiro atoms. The molecule has 0 radical (unpaired) electrons. The van der Waals surface area contributed by atoms with Crippen LogP contribution in [0.4, 0.5) is 0 Å². The lowest BCUT2D eigenvalue weighted by Gasteiger charge is -2.15. The highest BCUT2D eigenvalue weighted by Crippen LogP contribution is 2.12. The zero-order valence-corrected chi connectivity index (χ0v) is 4.80. The van der Waals surface area contributed by atoms with E-state index in [2.05, 4.69) is 5.73 Å². The first-order valence-electron chi connectivity index (χ1n) is 2.70. The number of hydrogen-bond acceptors (Lipinski definition) is 2. The van der Waals surface area contributed by atoms with E-state index in [-0.39, 0.29) is 0 Å². The summed E-state index contributed by atoms with van der Waals surface area (Å²) >= 11 is 0. The Balaban J connectivity index is 0.000000145. The monoisotopic (exact) mass is 117 g/mol. The number of carbonyl (C=O) groups excluding carboxylic acids is 1. The Morgan fingerprint density at radius 2 is 1.88 bits per heavy atom. The molecule has 3 N–H and O–H groups in total. The number of carbonyl (C=O) groups is 1. The van der Waals surface area contributed by atoms with Crippen LogP contribution in [0, 0.1) is 0 Å². The summed E-state index contributed by atoms with van der Waals surface area (Å²) in [6.07, 6.45) is 4.17. The minimum absolute atomic E-state index is 0.500. The van der Waals surface area contributed by atoms with E-state index >= 15 is 0 Å². The van der Waals surface area contributed by atoms with Gasteiger partial charge in [0.1, 0.15) is 0 Å². The van der Waals surface area contributed by atoms with Crippen LogP contribution in [0.3, 0.4) is 0 Å². The quantitative estimate of drug-likeness (QED) is 0.378. The smallest absolute Gasteiger partial charge is 0.0843 e. The van der Waals surface area contributed by atoms with Crippen molar-refractivity contribution in [2.45, 2.75) is 25.3 Å². The standard InChI is InChI=1S/C4H9N.CH2O2/c5-4-2-1-3-4;2-1-3/h4H,1-3,5H2;1H,(H,2,3). The maximum atomic E-state index is 8.25. The maximum Gasteiger partial charge on any atom is 0.0843 e. The van der Waals surface area contributed by atoms with E-state index in [0.29, 0.717) is 0 Å². The summed E-state index contributed by atoms with van der Waals surface area (Å²) in [5, 5.41) is 8.25. The van der Waals surface area contributed by atoms with Crippen LogP contribution in [0.1, 0.15) is 19.3 Å². The number of quaternary nitrogens is 1. The van der Waals surface area contributed by atoms with Gasteiger partial charge >= 0.3 is 0 Å². The lowest BCUT2D eigenvalue weighted by atomic mass is 9.95. The van der Waals surface area contributed by atoms with Crippen molar-refractivity contribution in [1.82, 2.24) is 0 Å². The molecule has 0 amide bonds. The van der Waals surface area contributed by atoms with Crippen molar-refractivity contribution in [2.24, 2.45) is 0 Å². The van der Waals surface area contributed by atoms with Gasteiger partial charge in [0, 0.05) is 6.47 Å². The molecule has 0 bridgehead atoms. The van der Waals surface area contributed by atoms with Crippen molar-refractivity contribution in [1.29, 1.82) is 0 Å². The normalized spacial score (nSPS) is 17.6. The van der Waals surface area contributed by atoms with E-state index in [1.807, 2.05) is 0 Å². The van der Waals surface area contributed by atoms with Gasteiger partial charge < -0.3 is 15.6 Å². The largest absolute Gasteiger partial charge is 0.554 e. The summed E-state index contributed by atoms with van der Waals surface area (Å²) in [5.74, 6) is 0. The lowest BCUT2D eigenvalue weighted by Crippen LogP contribution is -2.63. The number of carboxylic acid groups (broad SMARTS) is 1. The summed E-state index contributed by atoms with van der Waals surface area (Å²) in [6.45, 7) is -0.500. The summed E-state index contributed by atoms with van der Waals surface area (Å²) in [4.78, 5) is 8.25. The van der Waals surface area contributed by atoms with Crippen LogP contribution in [0.5, 0.6) is 0 Å². The Morgan fingerprint density at radius 3 is 1.88 bits per heavy atom. The van der Waals surface area contributed by atoms with Gasteiger partial charge in [0.15, 0.2) is 0 Å². The van der Waals surface area contributed by atoms with Crippen LogP contribution in [-0.2, 0) is 4.79 Å². The molecule has 8 heavy (non-hydrogen) atoms. The van der Waals surface area contributed by atoms with Crippen LogP contribution in [0.25, 0.3) is 0 Å². The van der Waals surface area contributed by atoms with Crippen molar-refractivity contribution in [3.8, 4) is 0 Å². The minimum atomic E-state index is -0.500. The molecule has 0 aromatic carbocycles. The fraction of sp³-hybridized carbons (Fsp3) is 0.800. The molecule has 0 aromatic heterocycles. The third-order valence-corrected chi connectivity index (χ3v) is 1.22. The Morgan fingerprint density at radius 1 is 1.62 bits per heavy atom. The van der Waals surface area contributed by atoms with E-state index in [1.54, 1.807) is 0 Å². The molecule has 1 saturated carbocycles. The third-order valence-electron chi connectivity index (χ3n) is 1.22. The molecule has 1 rings (SSSR count). The molecule has 0 heterocycles. The number of hydrogen-bond donors (Lipinski definition) is 1. The molecule has 0 atom stereocenters. The van der Waals surface area contributed by atoms with Gasteiger partial charge in [-0.1, -0.05) is 0 Å². The molecular weight excluding hydrogens is 106 g/mol. The van der Waals surface area contributed by atoms with E-state index < -0.39 is 6.47 Å². The van der Waals surface area contributed by atoms with Gasteiger partial charge in [-0.25, -0.2) is 0 Å². The molecule has 1 aliphatic rings. The Hall–Kier alpha value is -0.570. The summed E-state index contributed by atoms with van der Waals surface area (Å²) in [6, 6.07) is 0.815. The summed E-state index contributed by atoms with van der Waals surface area (Å²) in [7, 11) is 0. The first kappa shape index (κ1) is 7.43. The van der Waals surface area contributed by atoms with Crippen LogP contribution in [-0.4, -0.2) is 12.5 Å². The van der Waals surface area contributed by atoms with Crippen molar-refractivity contribution < 1.29 is 15.6 Å². The first-order chi connectivity index (χ1) is 3.81. The van der Waals surface area contributed by atoms with E-state index in [1.165, 1.54) is 19.3 Å². The van der Waals surface area contributed by atoms with Gasteiger partial charge in [-0.15, -0.1) is 0 Å². The van der Waals surface area contributed by atoms with E-state index in [9.17, 15) is 0 Å². The second-order valence-electron chi connectivity index (χ2n) is 1.89. The van der Waals surface area contributed by atoms with Crippen LogP contribution in [0.15, 0.2) is 0 Å². The average molecular weight is 117 g/mol. The average Bonchev–Trinajstić information content (AvgIpc) is 1.64. The summed E-state index contributed by atoms with van der Waals surface area (Å²) < 4.78 is 0. The van der Waals surface area contributed by atoms with Crippen LogP contribution >= 0.6 is 0 Å². The topological polar surface area (TPSA) is 67.8 Å². The fourth-order valence-electron chi connectivity index (χ4n) is 0.493. The van der Waals surface area contributed by atoms with Crippen molar-refractivity contribution >= 4 is 6.47 Å².